The Labute approximate surface area is 167 Å². The second-order valence-corrected chi connectivity index (χ2v) is 5.85. The van der Waals surface area contributed by atoms with E-state index in [1.54, 1.807) is 24.3 Å². The monoisotopic (exact) mass is 352 g/mol. The molecule has 1 N–H and O–H groups in total. The number of oxime groups is 1. The zero-order valence-corrected chi connectivity index (χ0v) is 16.3. The molecule has 1 aromatic rings. The molecule has 0 unspecified atom stereocenters. The van der Waals surface area contributed by atoms with Gasteiger partial charge in [-0.25, -0.2) is 0 Å². The maximum absolute atomic E-state index is 12.2. The normalized spacial score (nSPS) is 23.6. The van der Waals surface area contributed by atoms with Gasteiger partial charge >= 0.3 is 29.6 Å². The van der Waals surface area contributed by atoms with E-state index >= 15 is 0 Å². The number of carboxylic acids is 1. The first-order valence-corrected chi connectivity index (χ1v) is 7.60. The fourth-order valence-corrected chi connectivity index (χ4v) is 3.44. The van der Waals surface area contributed by atoms with Crippen LogP contribution < -0.4 is 34.7 Å². The Morgan fingerprint density at radius 2 is 2.04 bits per heavy atom. The van der Waals surface area contributed by atoms with Crippen molar-refractivity contribution in [1.29, 1.82) is 0 Å². The zero-order valence-electron chi connectivity index (χ0n) is 14.3. The van der Waals surface area contributed by atoms with Gasteiger partial charge in [-0.3, -0.25) is 4.79 Å². The van der Waals surface area contributed by atoms with Gasteiger partial charge in [0, 0.05) is 11.1 Å². The molecule has 0 bridgehead atoms. The van der Waals surface area contributed by atoms with Crippen molar-refractivity contribution < 1.29 is 54.2 Å². The number of carbonyl (C=O) groups excluding carboxylic acids is 2. The van der Waals surface area contributed by atoms with Crippen LogP contribution in [0.25, 0.3) is 0 Å². The van der Waals surface area contributed by atoms with Crippen LogP contribution in [0.1, 0.15) is 18.9 Å². The molecule has 0 aromatic heterocycles. The van der Waals surface area contributed by atoms with Crippen molar-refractivity contribution in [3.05, 3.63) is 47.2 Å². The first kappa shape index (κ1) is 19.7. The number of aliphatic hydroxyl groups is 1. The van der Waals surface area contributed by atoms with Crippen LogP contribution in [0.15, 0.2) is 46.8 Å². The molecule has 0 aliphatic carbocycles. The van der Waals surface area contributed by atoms with E-state index in [1.807, 2.05) is 6.07 Å². The molecule has 1 fully saturated rings. The maximum atomic E-state index is 12.2. The first-order valence-electron chi connectivity index (χ1n) is 7.60. The van der Waals surface area contributed by atoms with Crippen molar-refractivity contribution in [2.75, 3.05) is 7.11 Å². The molecule has 0 radical (unpaired) electrons. The Kier molecular flexibility index (Phi) is 6.05. The predicted octanol–water partition coefficient (Wildman–Crippen LogP) is -3.34. The smallest absolute Gasteiger partial charge is 0.543 e. The number of rotatable bonds is 5. The molecule has 3 rings (SSSR count). The molecule has 0 saturated carbocycles. The average molecular weight is 352 g/mol. The number of hydrogen-bond donors (Lipinski definition) is 1. The summed E-state index contributed by atoms with van der Waals surface area (Å²) in [4.78, 5) is 29.9. The Balaban J connectivity index is 0.00000225. The number of amides is 1. The van der Waals surface area contributed by atoms with E-state index in [-0.39, 0.29) is 41.7 Å². The van der Waals surface area contributed by atoms with E-state index < -0.39 is 29.9 Å². The van der Waals surface area contributed by atoms with Crippen molar-refractivity contribution in [1.82, 2.24) is 4.90 Å². The van der Waals surface area contributed by atoms with E-state index in [4.69, 9.17) is 4.84 Å². The van der Waals surface area contributed by atoms with Gasteiger partial charge in [-0.05, 0) is 13.3 Å². The van der Waals surface area contributed by atoms with Gasteiger partial charge in [0.25, 0.3) is 0 Å². The summed E-state index contributed by atoms with van der Waals surface area (Å²) < 4.78 is 0. The van der Waals surface area contributed by atoms with Crippen LogP contribution in [0.5, 0.6) is 0 Å². The predicted molar refractivity (Wildman–Crippen MR) is 82.4 cm³/mol. The van der Waals surface area contributed by atoms with Gasteiger partial charge in [-0.1, -0.05) is 35.5 Å². The Morgan fingerprint density at radius 3 is 2.56 bits per heavy atom. The molecular weight excluding hydrogens is 335 g/mol. The number of aliphatic carboxylic acids is 1. The number of β-lactam (4-membered cyclic amide) rings is 1. The topological polar surface area (TPSA) is 102 Å². The minimum absolute atomic E-state index is 0. The maximum Gasteiger partial charge on any atom is 1.00 e. The molecule has 7 nitrogen and oxygen atoms in total. The van der Waals surface area contributed by atoms with E-state index in [0.717, 1.165) is 0 Å². The second-order valence-electron chi connectivity index (χ2n) is 5.85. The number of carbonyl (C=O) groups is 2. The number of carboxylic acid groups (broad SMARTS) is 1. The van der Waals surface area contributed by atoms with Crippen molar-refractivity contribution in [2.45, 2.75) is 25.5 Å². The molecule has 2 aliphatic heterocycles. The van der Waals surface area contributed by atoms with Gasteiger partial charge in [-0.15, -0.1) is 0 Å². The molecule has 1 amide bonds. The standard InChI is InChI=1S/C17H18N2O5.Na/c1-9(20)13-12-8-11(15(17(22)23)19(12)16(13)21)14(18-24-2)10-6-4-3-5-7-10;/h3-7,9,12-13,20H,8H2,1-2H3,(H,22,23);/q;+1/p-1/b18-14-;/t9-,12-,13-;/m1./s1. The van der Waals surface area contributed by atoms with E-state index in [2.05, 4.69) is 5.16 Å². The van der Waals surface area contributed by atoms with E-state index in [9.17, 15) is 19.8 Å². The second kappa shape index (κ2) is 7.70. The number of aliphatic hydroxyl groups excluding tert-OH is 1. The van der Waals surface area contributed by atoms with Crippen LogP contribution in [0.2, 0.25) is 0 Å². The summed E-state index contributed by atoms with van der Waals surface area (Å²) in [7, 11) is 1.37. The van der Waals surface area contributed by atoms with Gasteiger partial charge in [0.1, 0.15) is 12.8 Å². The molecule has 25 heavy (non-hydrogen) atoms. The Bertz CT molecular complexity index is 745. The van der Waals surface area contributed by atoms with Crippen molar-refractivity contribution >= 4 is 17.6 Å². The third-order valence-electron chi connectivity index (χ3n) is 4.44. The van der Waals surface area contributed by atoms with Gasteiger partial charge in [0.05, 0.1) is 29.7 Å². The van der Waals surface area contributed by atoms with Gasteiger partial charge in [0.15, 0.2) is 0 Å². The molecule has 2 aliphatic rings. The van der Waals surface area contributed by atoms with Gasteiger partial charge < -0.3 is 24.7 Å². The Morgan fingerprint density at radius 1 is 1.40 bits per heavy atom. The minimum atomic E-state index is -1.44. The summed E-state index contributed by atoms with van der Waals surface area (Å²) in [5, 5.41) is 25.4. The molecule has 1 aromatic carbocycles. The molecule has 0 spiro atoms. The van der Waals surface area contributed by atoms with Crippen LogP contribution in [0.3, 0.4) is 0 Å². The van der Waals surface area contributed by atoms with E-state index in [1.165, 1.54) is 18.9 Å². The molecule has 126 valence electrons. The summed E-state index contributed by atoms with van der Waals surface area (Å²) in [6.45, 7) is 1.53. The van der Waals surface area contributed by atoms with Crippen LogP contribution in [-0.2, 0) is 14.4 Å². The summed E-state index contributed by atoms with van der Waals surface area (Å²) in [6.07, 6.45) is -0.567. The summed E-state index contributed by atoms with van der Waals surface area (Å²) in [5.41, 5.74) is 1.21. The molecule has 2 heterocycles. The summed E-state index contributed by atoms with van der Waals surface area (Å²) >= 11 is 0. The van der Waals surface area contributed by atoms with Crippen LogP contribution >= 0.6 is 0 Å². The largest absolute Gasteiger partial charge is 1.00 e. The van der Waals surface area contributed by atoms with Gasteiger partial charge in [0.2, 0.25) is 5.91 Å². The number of hydrogen-bond acceptors (Lipinski definition) is 6. The SMILES string of the molecule is CO/N=C(\C1=C(C(=O)[O-])N2C(=O)[C@H]([C@@H](C)O)[C@H]2C1)c1ccccc1.[Na+]. The molecule has 1 saturated heterocycles. The third kappa shape index (κ3) is 3.25. The third-order valence-corrected chi connectivity index (χ3v) is 4.44. The van der Waals surface area contributed by atoms with Crippen LogP contribution in [0, 0.1) is 5.92 Å². The first-order chi connectivity index (χ1) is 11.5. The summed E-state index contributed by atoms with van der Waals surface area (Å²) in [5.74, 6) is -2.46. The number of benzene rings is 1. The zero-order chi connectivity index (χ0) is 17.4. The number of nitrogens with zero attached hydrogens (tertiary/aromatic N) is 2. The van der Waals surface area contributed by atoms with Crippen LogP contribution in [0.4, 0.5) is 0 Å². The van der Waals surface area contributed by atoms with Crippen molar-refractivity contribution in [3.63, 3.8) is 0 Å². The molecule has 8 heteroatoms. The van der Waals surface area contributed by atoms with E-state index in [0.29, 0.717) is 16.8 Å². The Hall–Kier alpha value is -1.67. The molecule has 3 atom stereocenters. The molecular formula is C17H17N2NaO5. The summed E-state index contributed by atoms with van der Waals surface area (Å²) in [6, 6.07) is 8.59. The van der Waals surface area contributed by atoms with Crippen LogP contribution in [-0.4, -0.2) is 46.9 Å². The fourth-order valence-electron chi connectivity index (χ4n) is 3.44. The average Bonchev–Trinajstić information content (AvgIpc) is 2.88. The van der Waals surface area contributed by atoms with Gasteiger partial charge in [-0.2, -0.15) is 0 Å². The van der Waals surface area contributed by atoms with Crippen molar-refractivity contribution in [3.8, 4) is 0 Å². The number of fused-ring (bicyclic) bond motifs is 1. The quantitative estimate of drug-likeness (QED) is 0.258. The minimum Gasteiger partial charge on any atom is -0.543 e. The fraction of sp³-hybridized carbons (Fsp3) is 0.353. The van der Waals surface area contributed by atoms with Crippen molar-refractivity contribution in [2.24, 2.45) is 11.1 Å².